The monoisotopic (exact) mass is 212 g/mol. The van der Waals surface area contributed by atoms with Gasteiger partial charge in [0.05, 0.1) is 0 Å². The number of hydrogen-bond acceptors (Lipinski definition) is 3. The highest BCUT2D eigenvalue weighted by atomic mass is 16.2. The summed E-state index contributed by atoms with van der Waals surface area (Å²) in [5, 5.41) is 3.14. The summed E-state index contributed by atoms with van der Waals surface area (Å²) < 4.78 is 0. The summed E-state index contributed by atoms with van der Waals surface area (Å²) in [5.41, 5.74) is 0. The number of carbonyl (C=O) groups excluding carboxylic acids is 2. The Kier molecular flexibility index (Phi) is 4.27. The Morgan fingerprint density at radius 1 is 1.53 bits per heavy atom. The van der Waals surface area contributed by atoms with Crippen LogP contribution in [0.5, 0.6) is 0 Å². The molecule has 2 amide bonds. The predicted octanol–water partition coefficient (Wildman–Crippen LogP) is 0.769. The van der Waals surface area contributed by atoms with Crippen LogP contribution in [0.2, 0.25) is 0 Å². The van der Waals surface area contributed by atoms with Crippen LogP contribution in [0.3, 0.4) is 0 Å². The van der Waals surface area contributed by atoms with E-state index in [1.807, 2.05) is 14.0 Å². The summed E-state index contributed by atoms with van der Waals surface area (Å²) in [7, 11) is 1.87. The molecule has 0 spiro atoms. The van der Waals surface area contributed by atoms with Gasteiger partial charge in [0.25, 0.3) is 0 Å². The Morgan fingerprint density at radius 2 is 2.20 bits per heavy atom. The van der Waals surface area contributed by atoms with Crippen molar-refractivity contribution in [3.05, 3.63) is 0 Å². The minimum absolute atomic E-state index is 0.0173. The largest absolute Gasteiger partial charge is 0.315 e. The second-order valence-electron chi connectivity index (χ2n) is 4.22. The van der Waals surface area contributed by atoms with Crippen LogP contribution in [-0.2, 0) is 9.59 Å². The van der Waals surface area contributed by atoms with Gasteiger partial charge in [-0.1, -0.05) is 20.3 Å². The van der Waals surface area contributed by atoms with E-state index in [9.17, 15) is 9.59 Å². The van der Waals surface area contributed by atoms with Crippen LogP contribution in [0.25, 0.3) is 0 Å². The number of amides is 2. The molecule has 0 aromatic heterocycles. The van der Waals surface area contributed by atoms with Gasteiger partial charge in [0.15, 0.2) is 0 Å². The SMILES string of the molecule is CCCC(CN1C(=O)CC(C)C1=O)NC. The normalized spacial score (nSPS) is 23.7. The van der Waals surface area contributed by atoms with Crippen molar-refractivity contribution < 1.29 is 9.59 Å². The van der Waals surface area contributed by atoms with E-state index in [-0.39, 0.29) is 23.8 Å². The van der Waals surface area contributed by atoms with E-state index in [2.05, 4.69) is 12.2 Å². The summed E-state index contributed by atoms with van der Waals surface area (Å²) in [5.74, 6) is -0.170. The van der Waals surface area contributed by atoms with Crippen LogP contribution in [0.1, 0.15) is 33.1 Å². The molecule has 1 fully saturated rings. The van der Waals surface area contributed by atoms with E-state index in [1.54, 1.807) is 0 Å². The van der Waals surface area contributed by atoms with Crippen molar-refractivity contribution in [1.82, 2.24) is 10.2 Å². The Labute approximate surface area is 91.0 Å². The van der Waals surface area contributed by atoms with E-state index < -0.39 is 0 Å². The fourth-order valence-electron chi connectivity index (χ4n) is 1.94. The quantitative estimate of drug-likeness (QED) is 0.685. The Hall–Kier alpha value is -0.900. The van der Waals surface area contributed by atoms with Crippen LogP contribution in [0, 0.1) is 5.92 Å². The number of imide groups is 1. The van der Waals surface area contributed by atoms with E-state index in [1.165, 1.54) is 4.90 Å². The first kappa shape index (κ1) is 12.2. The summed E-state index contributed by atoms with van der Waals surface area (Å²) >= 11 is 0. The first-order valence-corrected chi connectivity index (χ1v) is 5.61. The average molecular weight is 212 g/mol. The number of likely N-dealkylation sites (tertiary alicyclic amines) is 1. The maximum atomic E-state index is 11.6. The number of rotatable bonds is 5. The number of nitrogens with zero attached hydrogens (tertiary/aromatic N) is 1. The van der Waals surface area contributed by atoms with Crippen LogP contribution >= 0.6 is 0 Å². The molecule has 1 aliphatic rings. The van der Waals surface area contributed by atoms with Crippen molar-refractivity contribution in [3.8, 4) is 0 Å². The maximum absolute atomic E-state index is 11.6. The van der Waals surface area contributed by atoms with Gasteiger partial charge >= 0.3 is 0 Å². The molecular formula is C11H20N2O2. The fraction of sp³-hybridized carbons (Fsp3) is 0.818. The molecule has 0 saturated carbocycles. The van der Waals surface area contributed by atoms with Crippen molar-refractivity contribution in [2.75, 3.05) is 13.6 Å². The summed E-state index contributed by atoms with van der Waals surface area (Å²) in [6, 6.07) is 0.230. The highest BCUT2D eigenvalue weighted by Crippen LogP contribution is 2.19. The molecule has 2 unspecified atom stereocenters. The average Bonchev–Trinajstić information content (AvgIpc) is 2.44. The molecule has 86 valence electrons. The zero-order valence-electron chi connectivity index (χ0n) is 9.75. The molecule has 0 bridgehead atoms. The third kappa shape index (κ3) is 2.78. The van der Waals surface area contributed by atoms with Crippen LogP contribution in [0.15, 0.2) is 0 Å². The van der Waals surface area contributed by atoms with Gasteiger partial charge in [-0.15, -0.1) is 0 Å². The zero-order chi connectivity index (χ0) is 11.4. The van der Waals surface area contributed by atoms with Crippen molar-refractivity contribution in [2.45, 2.75) is 39.2 Å². The molecule has 1 saturated heterocycles. The van der Waals surface area contributed by atoms with Crippen molar-refractivity contribution in [2.24, 2.45) is 5.92 Å². The lowest BCUT2D eigenvalue weighted by molar-refractivity contribution is -0.139. The Bertz CT molecular complexity index is 253. The van der Waals surface area contributed by atoms with Gasteiger partial charge < -0.3 is 5.32 Å². The molecule has 0 radical (unpaired) electrons. The van der Waals surface area contributed by atoms with Gasteiger partial charge in [0.1, 0.15) is 0 Å². The molecule has 2 atom stereocenters. The first-order chi connectivity index (χ1) is 7.10. The third-order valence-electron chi connectivity index (χ3n) is 2.92. The van der Waals surface area contributed by atoms with Crippen LogP contribution in [0.4, 0.5) is 0 Å². The number of carbonyl (C=O) groups is 2. The number of nitrogens with one attached hydrogen (secondary N) is 1. The second-order valence-corrected chi connectivity index (χ2v) is 4.22. The minimum atomic E-state index is -0.128. The van der Waals surface area contributed by atoms with Crippen LogP contribution < -0.4 is 5.32 Å². The third-order valence-corrected chi connectivity index (χ3v) is 2.92. The second kappa shape index (κ2) is 5.26. The van der Waals surface area contributed by atoms with Crippen molar-refractivity contribution in [3.63, 3.8) is 0 Å². The topological polar surface area (TPSA) is 49.4 Å². The van der Waals surface area contributed by atoms with Gasteiger partial charge in [-0.3, -0.25) is 14.5 Å². The van der Waals surface area contributed by atoms with Crippen LogP contribution in [-0.4, -0.2) is 36.3 Å². The fourth-order valence-corrected chi connectivity index (χ4v) is 1.94. The lowest BCUT2D eigenvalue weighted by Gasteiger charge is -2.21. The maximum Gasteiger partial charge on any atom is 0.232 e. The number of likely N-dealkylation sites (N-methyl/N-ethyl adjacent to an activating group) is 1. The summed E-state index contributed by atoms with van der Waals surface area (Å²) in [4.78, 5) is 24.6. The van der Waals surface area contributed by atoms with Crippen molar-refractivity contribution in [1.29, 1.82) is 0 Å². The molecule has 4 heteroatoms. The highest BCUT2D eigenvalue weighted by Gasteiger charge is 2.36. The van der Waals surface area contributed by atoms with Gasteiger partial charge in [-0.05, 0) is 13.5 Å². The lowest BCUT2D eigenvalue weighted by Crippen LogP contribution is -2.42. The molecular weight excluding hydrogens is 192 g/mol. The standard InChI is InChI=1S/C11H20N2O2/c1-4-5-9(12-3)7-13-10(14)6-8(2)11(13)15/h8-9,12H,4-7H2,1-3H3. The van der Waals surface area contributed by atoms with E-state index in [0.717, 1.165) is 12.8 Å². The first-order valence-electron chi connectivity index (χ1n) is 5.61. The molecule has 1 heterocycles. The smallest absolute Gasteiger partial charge is 0.232 e. The number of hydrogen-bond donors (Lipinski definition) is 1. The molecule has 1 N–H and O–H groups in total. The minimum Gasteiger partial charge on any atom is -0.315 e. The van der Waals surface area contributed by atoms with Gasteiger partial charge in [-0.25, -0.2) is 0 Å². The van der Waals surface area contributed by atoms with Gasteiger partial charge in [0, 0.05) is 24.9 Å². The lowest BCUT2D eigenvalue weighted by atomic mass is 10.1. The van der Waals surface area contributed by atoms with E-state index in [4.69, 9.17) is 0 Å². The summed E-state index contributed by atoms with van der Waals surface area (Å²) in [6.07, 6.45) is 2.42. The molecule has 4 nitrogen and oxygen atoms in total. The Morgan fingerprint density at radius 3 is 2.60 bits per heavy atom. The van der Waals surface area contributed by atoms with E-state index in [0.29, 0.717) is 13.0 Å². The predicted molar refractivity (Wildman–Crippen MR) is 58.3 cm³/mol. The molecule has 1 aliphatic heterocycles. The molecule has 0 aliphatic carbocycles. The van der Waals surface area contributed by atoms with Crippen molar-refractivity contribution >= 4 is 11.8 Å². The molecule has 1 rings (SSSR count). The summed E-state index contributed by atoms with van der Waals surface area (Å²) in [6.45, 7) is 4.43. The molecule has 15 heavy (non-hydrogen) atoms. The van der Waals surface area contributed by atoms with Gasteiger partial charge in [0.2, 0.25) is 11.8 Å². The molecule has 0 aromatic rings. The molecule has 0 aromatic carbocycles. The Balaban J connectivity index is 2.56. The zero-order valence-corrected chi connectivity index (χ0v) is 9.75. The van der Waals surface area contributed by atoms with Gasteiger partial charge in [-0.2, -0.15) is 0 Å². The van der Waals surface area contributed by atoms with E-state index >= 15 is 0 Å². The highest BCUT2D eigenvalue weighted by molar-refractivity contribution is 6.03.